The summed E-state index contributed by atoms with van der Waals surface area (Å²) in [4.78, 5) is 14.4. The number of pyridine rings is 1. The molecule has 1 N–H and O–H groups in total. The normalized spacial score (nSPS) is 9.69. The first-order chi connectivity index (χ1) is 6.24. The fraction of sp³-hybridized carbons (Fsp3) is 0.250. The maximum absolute atomic E-state index is 12.5. The number of aromatic nitrogens is 1. The zero-order chi connectivity index (χ0) is 9.68. The average molecular weight is 186 g/mol. The SMILES string of the molecule is O=C(NCCF)c1ccnc(F)c1. The monoisotopic (exact) mass is 186 g/mol. The van der Waals surface area contributed by atoms with Gasteiger partial charge in [0.05, 0.1) is 0 Å². The summed E-state index contributed by atoms with van der Waals surface area (Å²) in [7, 11) is 0. The predicted octanol–water partition coefficient (Wildman–Crippen LogP) is 0.920. The number of nitrogens with zero attached hydrogens (tertiary/aromatic N) is 1. The van der Waals surface area contributed by atoms with Gasteiger partial charge in [0.15, 0.2) is 0 Å². The van der Waals surface area contributed by atoms with E-state index in [1.54, 1.807) is 0 Å². The van der Waals surface area contributed by atoms with E-state index < -0.39 is 18.5 Å². The second-order valence-corrected chi connectivity index (χ2v) is 2.31. The van der Waals surface area contributed by atoms with E-state index in [9.17, 15) is 13.6 Å². The van der Waals surface area contributed by atoms with Gasteiger partial charge >= 0.3 is 0 Å². The number of hydrogen-bond donors (Lipinski definition) is 1. The largest absolute Gasteiger partial charge is 0.349 e. The third-order valence-corrected chi connectivity index (χ3v) is 1.37. The molecule has 1 amide bonds. The lowest BCUT2D eigenvalue weighted by atomic mass is 10.2. The molecule has 0 saturated carbocycles. The first kappa shape index (κ1) is 9.57. The Bertz CT molecular complexity index is 304. The number of alkyl halides is 1. The van der Waals surface area contributed by atoms with Crippen molar-refractivity contribution in [2.24, 2.45) is 0 Å². The van der Waals surface area contributed by atoms with Crippen LogP contribution >= 0.6 is 0 Å². The minimum Gasteiger partial charge on any atom is -0.349 e. The van der Waals surface area contributed by atoms with Crippen molar-refractivity contribution in [3.63, 3.8) is 0 Å². The van der Waals surface area contributed by atoms with Gasteiger partial charge < -0.3 is 5.32 Å². The molecule has 3 nitrogen and oxygen atoms in total. The summed E-state index contributed by atoms with van der Waals surface area (Å²) in [5.74, 6) is -1.23. The van der Waals surface area contributed by atoms with Gasteiger partial charge in [-0.2, -0.15) is 4.39 Å². The second-order valence-electron chi connectivity index (χ2n) is 2.31. The lowest BCUT2D eigenvalue weighted by Crippen LogP contribution is -2.25. The molecule has 0 bridgehead atoms. The van der Waals surface area contributed by atoms with E-state index in [4.69, 9.17) is 0 Å². The Labute approximate surface area is 73.8 Å². The summed E-state index contributed by atoms with van der Waals surface area (Å²) in [6.07, 6.45) is 1.18. The van der Waals surface area contributed by atoms with E-state index in [1.807, 2.05) is 0 Å². The van der Waals surface area contributed by atoms with Crippen LogP contribution in [-0.4, -0.2) is 24.1 Å². The molecule has 5 heteroatoms. The Morgan fingerprint density at radius 2 is 2.38 bits per heavy atom. The topological polar surface area (TPSA) is 42.0 Å². The van der Waals surface area contributed by atoms with E-state index in [0.717, 1.165) is 6.07 Å². The maximum atomic E-state index is 12.5. The van der Waals surface area contributed by atoms with Crippen molar-refractivity contribution in [2.45, 2.75) is 0 Å². The quantitative estimate of drug-likeness (QED) is 0.713. The number of hydrogen-bond acceptors (Lipinski definition) is 2. The minimum atomic E-state index is -0.729. The highest BCUT2D eigenvalue weighted by Gasteiger charge is 2.05. The number of rotatable bonds is 3. The highest BCUT2D eigenvalue weighted by Crippen LogP contribution is 1.99. The van der Waals surface area contributed by atoms with Crippen molar-refractivity contribution in [1.29, 1.82) is 0 Å². The lowest BCUT2D eigenvalue weighted by molar-refractivity contribution is 0.0950. The molecule has 0 spiro atoms. The number of nitrogens with one attached hydrogen (secondary N) is 1. The van der Waals surface area contributed by atoms with E-state index in [1.165, 1.54) is 12.3 Å². The Morgan fingerprint density at radius 1 is 1.62 bits per heavy atom. The smallest absolute Gasteiger partial charge is 0.251 e. The molecule has 1 aromatic rings. The molecule has 1 rings (SSSR count). The van der Waals surface area contributed by atoms with Crippen LogP contribution in [0, 0.1) is 5.95 Å². The molecule has 0 unspecified atom stereocenters. The number of carbonyl (C=O) groups excluding carboxylic acids is 1. The Kier molecular flexibility index (Phi) is 3.31. The Morgan fingerprint density at radius 3 is 3.00 bits per heavy atom. The molecule has 0 radical (unpaired) electrons. The van der Waals surface area contributed by atoms with Crippen LogP contribution in [0.2, 0.25) is 0 Å². The zero-order valence-corrected chi connectivity index (χ0v) is 6.76. The maximum Gasteiger partial charge on any atom is 0.251 e. The molecule has 1 aromatic heterocycles. The van der Waals surface area contributed by atoms with E-state index in [0.29, 0.717) is 0 Å². The van der Waals surface area contributed by atoms with Gasteiger partial charge in [0, 0.05) is 24.4 Å². The van der Waals surface area contributed by atoms with Gasteiger partial charge in [0.25, 0.3) is 5.91 Å². The van der Waals surface area contributed by atoms with Crippen molar-refractivity contribution >= 4 is 5.91 Å². The molecule has 0 aliphatic carbocycles. The third kappa shape index (κ3) is 2.77. The average Bonchev–Trinajstić information content (AvgIpc) is 2.14. The molecule has 0 aliphatic rings. The van der Waals surface area contributed by atoms with Crippen molar-refractivity contribution < 1.29 is 13.6 Å². The number of amides is 1. The Balaban J connectivity index is 2.66. The van der Waals surface area contributed by atoms with Crippen LogP contribution in [-0.2, 0) is 0 Å². The first-order valence-corrected chi connectivity index (χ1v) is 3.70. The van der Waals surface area contributed by atoms with Gasteiger partial charge in [-0.15, -0.1) is 0 Å². The minimum absolute atomic E-state index is 0.0667. The summed E-state index contributed by atoms with van der Waals surface area (Å²) in [5.41, 5.74) is 0.140. The van der Waals surface area contributed by atoms with Gasteiger partial charge in [-0.3, -0.25) is 4.79 Å². The van der Waals surface area contributed by atoms with Crippen LogP contribution in [0.15, 0.2) is 18.3 Å². The molecule has 0 atom stereocenters. The number of halogens is 2. The molecule has 0 fully saturated rings. The van der Waals surface area contributed by atoms with Crippen molar-refractivity contribution in [1.82, 2.24) is 10.3 Å². The summed E-state index contributed by atoms with van der Waals surface area (Å²) < 4.78 is 24.1. The second kappa shape index (κ2) is 4.49. The van der Waals surface area contributed by atoms with Gasteiger partial charge in [-0.1, -0.05) is 0 Å². The van der Waals surface area contributed by atoms with Crippen LogP contribution in [0.4, 0.5) is 8.78 Å². The Hall–Kier alpha value is -1.52. The summed E-state index contributed by atoms with van der Waals surface area (Å²) in [6.45, 7) is -0.706. The first-order valence-electron chi connectivity index (χ1n) is 3.70. The summed E-state index contributed by atoms with van der Waals surface area (Å²) in [6, 6.07) is 2.35. The molecule has 0 aliphatic heterocycles. The fourth-order valence-corrected chi connectivity index (χ4v) is 0.807. The molecule has 1 heterocycles. The van der Waals surface area contributed by atoms with Gasteiger partial charge in [0.1, 0.15) is 6.67 Å². The third-order valence-electron chi connectivity index (χ3n) is 1.37. The highest BCUT2D eigenvalue weighted by atomic mass is 19.1. The van der Waals surface area contributed by atoms with Gasteiger partial charge in [-0.05, 0) is 6.07 Å². The van der Waals surface area contributed by atoms with E-state index in [-0.39, 0.29) is 12.1 Å². The van der Waals surface area contributed by atoms with Crippen molar-refractivity contribution in [3.05, 3.63) is 29.8 Å². The molecular formula is C8H8F2N2O. The predicted molar refractivity (Wildman–Crippen MR) is 42.5 cm³/mol. The van der Waals surface area contributed by atoms with Gasteiger partial charge in [-0.25, -0.2) is 9.37 Å². The standard InChI is InChI=1S/C8H8F2N2O/c9-2-4-12-8(13)6-1-3-11-7(10)5-6/h1,3,5H,2,4H2,(H,12,13). The molecule has 0 aromatic carbocycles. The van der Waals surface area contributed by atoms with Crippen LogP contribution in [0.1, 0.15) is 10.4 Å². The van der Waals surface area contributed by atoms with Crippen molar-refractivity contribution in [3.8, 4) is 0 Å². The van der Waals surface area contributed by atoms with E-state index >= 15 is 0 Å². The zero-order valence-electron chi connectivity index (χ0n) is 6.76. The molecule has 70 valence electrons. The van der Waals surface area contributed by atoms with Crippen LogP contribution < -0.4 is 5.32 Å². The fourth-order valence-electron chi connectivity index (χ4n) is 0.807. The molecular weight excluding hydrogens is 178 g/mol. The van der Waals surface area contributed by atoms with E-state index in [2.05, 4.69) is 10.3 Å². The van der Waals surface area contributed by atoms with Gasteiger partial charge in [0.2, 0.25) is 5.95 Å². The molecule has 0 saturated heterocycles. The molecule has 13 heavy (non-hydrogen) atoms. The lowest BCUT2D eigenvalue weighted by Gasteiger charge is -2.01. The van der Waals surface area contributed by atoms with Crippen molar-refractivity contribution in [2.75, 3.05) is 13.2 Å². The van der Waals surface area contributed by atoms with Crippen LogP contribution in [0.3, 0.4) is 0 Å². The van der Waals surface area contributed by atoms with Crippen LogP contribution in [0.5, 0.6) is 0 Å². The highest BCUT2D eigenvalue weighted by molar-refractivity contribution is 5.93. The summed E-state index contributed by atoms with van der Waals surface area (Å²) >= 11 is 0. The van der Waals surface area contributed by atoms with Crippen LogP contribution in [0.25, 0.3) is 0 Å². The summed E-state index contributed by atoms with van der Waals surface area (Å²) in [5, 5.41) is 2.27. The number of carbonyl (C=O) groups is 1.